The van der Waals surface area contributed by atoms with E-state index in [0.717, 1.165) is 16.8 Å². The smallest absolute Gasteiger partial charge is 0.0719 e. The number of allylic oxidation sites excluding steroid dienone is 3. The van der Waals surface area contributed by atoms with E-state index >= 15 is 0 Å². The normalized spacial score (nSPS) is 11.8. The number of hydrogen-bond acceptors (Lipinski definition) is 2. The van der Waals surface area contributed by atoms with E-state index in [4.69, 9.17) is 5.41 Å². The molecule has 0 saturated carbocycles. The molecule has 1 N–H and O–H groups in total. The van der Waals surface area contributed by atoms with Crippen molar-refractivity contribution in [3.63, 3.8) is 0 Å². The first-order chi connectivity index (χ1) is 6.29. The molecule has 0 aromatic carbocycles. The van der Waals surface area contributed by atoms with Gasteiger partial charge in [0.1, 0.15) is 0 Å². The zero-order valence-electron chi connectivity index (χ0n) is 7.62. The molecule has 1 rings (SSSR count). The van der Waals surface area contributed by atoms with Crippen LogP contribution in [0.2, 0.25) is 0 Å². The summed E-state index contributed by atoms with van der Waals surface area (Å²) in [6.45, 7) is 5.58. The van der Waals surface area contributed by atoms with Crippen LogP contribution in [0.4, 0.5) is 0 Å². The van der Waals surface area contributed by atoms with Gasteiger partial charge in [0.2, 0.25) is 0 Å². The first-order valence-electron chi connectivity index (χ1n) is 4.04. The average Bonchev–Trinajstić information content (AvgIpc) is 2.20. The highest BCUT2D eigenvalue weighted by Crippen LogP contribution is 2.14. The van der Waals surface area contributed by atoms with Crippen LogP contribution in [0.25, 0.3) is 5.57 Å². The lowest BCUT2D eigenvalue weighted by molar-refractivity contribution is 1.28. The van der Waals surface area contributed by atoms with Gasteiger partial charge in [-0.2, -0.15) is 0 Å². The van der Waals surface area contributed by atoms with Crippen LogP contribution in [-0.4, -0.2) is 11.2 Å². The fourth-order valence-corrected chi connectivity index (χ4v) is 1.02. The van der Waals surface area contributed by atoms with Crippen molar-refractivity contribution in [1.82, 2.24) is 4.98 Å². The molecule has 13 heavy (non-hydrogen) atoms. The van der Waals surface area contributed by atoms with Crippen LogP contribution >= 0.6 is 0 Å². The molecule has 0 amide bonds. The van der Waals surface area contributed by atoms with Gasteiger partial charge in [-0.25, -0.2) is 0 Å². The zero-order valence-corrected chi connectivity index (χ0v) is 7.62. The minimum absolute atomic E-state index is 0.815. The Labute approximate surface area is 78.1 Å². The van der Waals surface area contributed by atoms with E-state index in [2.05, 4.69) is 11.6 Å². The minimum Gasteiger partial charge on any atom is -0.308 e. The highest BCUT2D eigenvalue weighted by Gasteiger charge is 2.00. The number of nitrogens with zero attached hydrogens (tertiary/aromatic N) is 1. The standard InChI is InChI=1S/C11H12N2/c1-3-9(2)10(8-12)11-6-4-5-7-13-11/h3-8,12H,1H2,2H3/b10-9+,12-8?. The number of aromatic nitrogens is 1. The summed E-state index contributed by atoms with van der Waals surface area (Å²) >= 11 is 0. The number of nitrogens with one attached hydrogen (secondary N) is 1. The van der Waals surface area contributed by atoms with E-state index in [1.165, 1.54) is 6.21 Å². The lowest BCUT2D eigenvalue weighted by atomic mass is 10.1. The number of rotatable bonds is 3. The number of hydrogen-bond donors (Lipinski definition) is 1. The predicted octanol–water partition coefficient (Wildman–Crippen LogP) is 2.69. The molecule has 0 aliphatic rings. The van der Waals surface area contributed by atoms with Crippen LogP contribution < -0.4 is 0 Å². The van der Waals surface area contributed by atoms with Crippen LogP contribution in [0.1, 0.15) is 12.6 Å². The predicted molar refractivity (Wildman–Crippen MR) is 55.8 cm³/mol. The molecule has 2 nitrogen and oxygen atoms in total. The molecule has 0 saturated heterocycles. The van der Waals surface area contributed by atoms with Crippen molar-refractivity contribution < 1.29 is 0 Å². The summed E-state index contributed by atoms with van der Waals surface area (Å²) < 4.78 is 0. The maximum atomic E-state index is 7.26. The van der Waals surface area contributed by atoms with Gasteiger partial charge in [0.15, 0.2) is 0 Å². The average molecular weight is 172 g/mol. The molecule has 2 heteroatoms. The Morgan fingerprint density at radius 1 is 1.54 bits per heavy atom. The molecular formula is C11H12N2. The molecule has 1 aromatic rings. The molecule has 1 aromatic heterocycles. The highest BCUT2D eigenvalue weighted by molar-refractivity contribution is 6.09. The molecule has 0 spiro atoms. The van der Waals surface area contributed by atoms with Crippen LogP contribution in [-0.2, 0) is 0 Å². The largest absolute Gasteiger partial charge is 0.308 e. The highest BCUT2D eigenvalue weighted by atomic mass is 14.7. The Kier molecular flexibility index (Phi) is 3.15. The van der Waals surface area contributed by atoms with Crippen molar-refractivity contribution in [2.45, 2.75) is 6.92 Å². The second-order valence-electron chi connectivity index (χ2n) is 2.66. The fourth-order valence-electron chi connectivity index (χ4n) is 1.02. The molecule has 0 radical (unpaired) electrons. The molecule has 0 atom stereocenters. The Balaban J connectivity index is 3.20. The van der Waals surface area contributed by atoms with Gasteiger partial charge in [0.05, 0.1) is 5.69 Å². The lowest BCUT2D eigenvalue weighted by Gasteiger charge is -2.02. The van der Waals surface area contributed by atoms with Gasteiger partial charge in [-0.3, -0.25) is 4.98 Å². The van der Waals surface area contributed by atoms with Crippen molar-refractivity contribution >= 4 is 11.8 Å². The maximum absolute atomic E-state index is 7.26. The van der Waals surface area contributed by atoms with E-state index in [1.54, 1.807) is 12.3 Å². The van der Waals surface area contributed by atoms with Gasteiger partial charge in [-0.05, 0) is 24.6 Å². The third kappa shape index (κ3) is 2.12. The third-order valence-corrected chi connectivity index (χ3v) is 1.82. The summed E-state index contributed by atoms with van der Waals surface area (Å²) in [7, 11) is 0. The summed E-state index contributed by atoms with van der Waals surface area (Å²) in [6, 6.07) is 5.64. The summed E-state index contributed by atoms with van der Waals surface area (Å²) in [5.74, 6) is 0. The minimum atomic E-state index is 0.815. The summed E-state index contributed by atoms with van der Waals surface area (Å²) in [5.41, 5.74) is 2.60. The second-order valence-corrected chi connectivity index (χ2v) is 2.66. The second kappa shape index (κ2) is 4.36. The van der Waals surface area contributed by atoms with Crippen LogP contribution in [0.15, 0.2) is 42.6 Å². The van der Waals surface area contributed by atoms with Gasteiger partial charge >= 0.3 is 0 Å². The summed E-state index contributed by atoms with van der Waals surface area (Å²) in [5, 5.41) is 7.26. The monoisotopic (exact) mass is 172 g/mol. The zero-order chi connectivity index (χ0) is 9.68. The SMILES string of the molecule is C=C/C(C)=C(\C=N)c1ccccn1. The Bertz CT molecular complexity index is 336. The molecule has 1 heterocycles. The van der Waals surface area contributed by atoms with E-state index < -0.39 is 0 Å². The molecule has 0 unspecified atom stereocenters. The third-order valence-electron chi connectivity index (χ3n) is 1.82. The lowest BCUT2D eigenvalue weighted by Crippen LogP contribution is -1.91. The van der Waals surface area contributed by atoms with Gasteiger partial charge in [-0.1, -0.05) is 18.7 Å². The first kappa shape index (κ1) is 9.39. The Morgan fingerprint density at radius 2 is 2.31 bits per heavy atom. The Hall–Kier alpha value is -1.70. The van der Waals surface area contributed by atoms with Gasteiger partial charge in [0, 0.05) is 18.0 Å². The molecule has 0 fully saturated rings. The quantitative estimate of drug-likeness (QED) is 0.552. The van der Waals surface area contributed by atoms with Gasteiger partial charge in [0.25, 0.3) is 0 Å². The first-order valence-corrected chi connectivity index (χ1v) is 4.04. The van der Waals surface area contributed by atoms with Gasteiger partial charge in [-0.15, -0.1) is 0 Å². The van der Waals surface area contributed by atoms with Crippen molar-refractivity contribution in [1.29, 1.82) is 5.41 Å². The van der Waals surface area contributed by atoms with Crippen molar-refractivity contribution in [3.05, 3.63) is 48.3 Å². The van der Waals surface area contributed by atoms with Crippen molar-refractivity contribution in [3.8, 4) is 0 Å². The van der Waals surface area contributed by atoms with Crippen LogP contribution in [0.3, 0.4) is 0 Å². The summed E-state index contributed by atoms with van der Waals surface area (Å²) in [4.78, 5) is 4.16. The Morgan fingerprint density at radius 3 is 2.77 bits per heavy atom. The molecule has 0 bridgehead atoms. The van der Waals surface area contributed by atoms with E-state index in [0.29, 0.717) is 0 Å². The van der Waals surface area contributed by atoms with E-state index in [9.17, 15) is 0 Å². The van der Waals surface area contributed by atoms with Gasteiger partial charge < -0.3 is 5.41 Å². The molecule has 0 aliphatic carbocycles. The van der Waals surface area contributed by atoms with Crippen molar-refractivity contribution in [2.24, 2.45) is 0 Å². The number of pyridine rings is 1. The molecule has 0 aliphatic heterocycles. The summed E-state index contributed by atoms with van der Waals surface area (Å²) in [6.07, 6.45) is 4.75. The topological polar surface area (TPSA) is 36.7 Å². The van der Waals surface area contributed by atoms with E-state index in [-0.39, 0.29) is 0 Å². The molecular weight excluding hydrogens is 160 g/mol. The van der Waals surface area contributed by atoms with Crippen molar-refractivity contribution in [2.75, 3.05) is 0 Å². The van der Waals surface area contributed by atoms with Crippen LogP contribution in [0, 0.1) is 5.41 Å². The molecule has 66 valence electrons. The fraction of sp³-hybridized carbons (Fsp3) is 0.0909. The van der Waals surface area contributed by atoms with Crippen LogP contribution in [0.5, 0.6) is 0 Å². The van der Waals surface area contributed by atoms with E-state index in [1.807, 2.05) is 25.1 Å². The maximum Gasteiger partial charge on any atom is 0.0719 e.